The quantitative estimate of drug-likeness (QED) is 0.317. The first kappa shape index (κ1) is 16.6. The largest absolute Gasteiger partial charge is 0.512 e. The molecule has 0 heterocycles. The first-order chi connectivity index (χ1) is 8.45. The predicted octanol–water partition coefficient (Wildman–Crippen LogP) is 2.19. The maximum absolute atomic E-state index is 11.4. The third-order valence-corrected chi connectivity index (χ3v) is 2.52. The van der Waals surface area contributed by atoms with Gasteiger partial charge in [-0.2, -0.15) is 0 Å². The molecular formula is C13H22O5. The number of aliphatic hydroxyl groups excluding tert-OH is 2. The third-order valence-electron chi connectivity index (χ3n) is 2.52. The second-order valence-electron chi connectivity index (χ2n) is 4.40. The number of rotatable bonds is 10. The van der Waals surface area contributed by atoms with Crippen LogP contribution < -0.4 is 0 Å². The maximum Gasteiger partial charge on any atom is 0.331 e. The molecule has 1 atom stereocenters. The Bertz CT molecular complexity index is 296. The highest BCUT2D eigenvalue weighted by atomic mass is 16.4. The summed E-state index contributed by atoms with van der Waals surface area (Å²) in [6, 6.07) is 0. The van der Waals surface area contributed by atoms with Crippen molar-refractivity contribution in [2.45, 2.75) is 58.0 Å². The van der Waals surface area contributed by atoms with Crippen LogP contribution in [-0.2, 0) is 9.59 Å². The number of carboxylic acid groups (broad SMARTS) is 1. The molecule has 5 heteroatoms. The van der Waals surface area contributed by atoms with E-state index in [2.05, 4.69) is 6.92 Å². The summed E-state index contributed by atoms with van der Waals surface area (Å²) in [6.45, 7) is 2.09. The van der Waals surface area contributed by atoms with Gasteiger partial charge in [0.05, 0.1) is 18.6 Å². The number of allylic oxidation sites excluding steroid dienone is 1. The van der Waals surface area contributed by atoms with Crippen molar-refractivity contribution in [1.82, 2.24) is 0 Å². The van der Waals surface area contributed by atoms with E-state index in [1.807, 2.05) is 0 Å². The molecule has 0 radical (unpaired) electrons. The van der Waals surface area contributed by atoms with Gasteiger partial charge in [-0.3, -0.25) is 4.79 Å². The Hall–Kier alpha value is -1.36. The van der Waals surface area contributed by atoms with Crippen molar-refractivity contribution < 1.29 is 24.9 Å². The molecule has 0 saturated carbocycles. The van der Waals surface area contributed by atoms with Gasteiger partial charge in [0.25, 0.3) is 0 Å². The molecule has 5 nitrogen and oxygen atoms in total. The topological polar surface area (TPSA) is 94.8 Å². The molecule has 104 valence electrons. The lowest BCUT2D eigenvalue weighted by atomic mass is 10.0. The summed E-state index contributed by atoms with van der Waals surface area (Å²) in [4.78, 5) is 21.6. The average molecular weight is 258 g/mol. The van der Waals surface area contributed by atoms with Crippen LogP contribution in [0.25, 0.3) is 0 Å². The number of carbonyl (C=O) groups is 2. The van der Waals surface area contributed by atoms with Crippen molar-refractivity contribution in [1.29, 1.82) is 0 Å². The number of unbranched alkanes of at least 4 members (excludes halogenated alkanes) is 3. The predicted molar refractivity (Wildman–Crippen MR) is 67.4 cm³/mol. The van der Waals surface area contributed by atoms with Gasteiger partial charge >= 0.3 is 5.97 Å². The molecule has 0 spiro atoms. The van der Waals surface area contributed by atoms with Crippen molar-refractivity contribution in [2.24, 2.45) is 0 Å². The average Bonchev–Trinajstić information content (AvgIpc) is 2.22. The Balaban J connectivity index is 3.83. The fourth-order valence-corrected chi connectivity index (χ4v) is 1.64. The molecule has 0 rings (SSSR count). The van der Waals surface area contributed by atoms with Gasteiger partial charge < -0.3 is 15.3 Å². The van der Waals surface area contributed by atoms with Crippen LogP contribution in [0.15, 0.2) is 11.8 Å². The lowest BCUT2D eigenvalue weighted by Gasteiger charge is -2.09. The molecule has 0 aromatic rings. The lowest BCUT2D eigenvalue weighted by Crippen LogP contribution is -2.14. The first-order valence-electron chi connectivity index (χ1n) is 6.28. The van der Waals surface area contributed by atoms with Crippen molar-refractivity contribution >= 4 is 11.8 Å². The van der Waals surface area contributed by atoms with Gasteiger partial charge in [0.15, 0.2) is 0 Å². The summed E-state index contributed by atoms with van der Waals surface area (Å²) in [5, 5.41) is 27.1. The van der Waals surface area contributed by atoms with E-state index in [1.54, 1.807) is 0 Å². The standard InChI is InChI=1S/C13H22O5/c1-2-3-4-5-6-10(14)7-11(15)8-12(16)9-13(17)18/h9-10,14,16H,2-8H2,1H3,(H,17,18). The zero-order chi connectivity index (χ0) is 14.0. The van der Waals surface area contributed by atoms with Crippen LogP contribution in [0.4, 0.5) is 0 Å². The van der Waals surface area contributed by atoms with E-state index in [9.17, 15) is 14.7 Å². The number of Topliss-reactive ketones (excluding diaryl/α,β-unsaturated/α-hetero) is 1. The molecule has 0 aliphatic rings. The fourth-order valence-electron chi connectivity index (χ4n) is 1.64. The molecule has 0 saturated heterocycles. The van der Waals surface area contributed by atoms with Crippen LogP contribution >= 0.6 is 0 Å². The van der Waals surface area contributed by atoms with Crippen LogP contribution in [0, 0.1) is 0 Å². The normalized spacial score (nSPS) is 13.3. The molecule has 0 amide bonds. The Morgan fingerprint density at radius 3 is 2.39 bits per heavy atom. The Labute approximate surface area is 107 Å². The highest BCUT2D eigenvalue weighted by Gasteiger charge is 2.12. The number of ketones is 1. The minimum atomic E-state index is -1.29. The molecule has 0 fully saturated rings. The summed E-state index contributed by atoms with van der Waals surface area (Å²) in [7, 11) is 0. The SMILES string of the molecule is CCCCCCC(O)CC(=O)CC(O)=CC(=O)O. The van der Waals surface area contributed by atoms with Gasteiger partial charge in [-0.15, -0.1) is 0 Å². The number of aliphatic carboxylic acids is 1. The monoisotopic (exact) mass is 258 g/mol. The van der Waals surface area contributed by atoms with Gasteiger partial charge in [-0.1, -0.05) is 32.6 Å². The molecular weight excluding hydrogens is 236 g/mol. The smallest absolute Gasteiger partial charge is 0.331 e. The zero-order valence-corrected chi connectivity index (χ0v) is 10.8. The molecule has 0 bridgehead atoms. The second-order valence-corrected chi connectivity index (χ2v) is 4.40. The van der Waals surface area contributed by atoms with Gasteiger partial charge in [0.2, 0.25) is 0 Å². The fraction of sp³-hybridized carbons (Fsp3) is 0.692. The van der Waals surface area contributed by atoms with Crippen LogP contribution in [-0.4, -0.2) is 33.2 Å². The molecule has 18 heavy (non-hydrogen) atoms. The van der Waals surface area contributed by atoms with Crippen LogP contribution in [0.3, 0.4) is 0 Å². The van der Waals surface area contributed by atoms with E-state index in [0.717, 1.165) is 25.7 Å². The van der Waals surface area contributed by atoms with Gasteiger partial charge in [0, 0.05) is 6.42 Å². The highest BCUT2D eigenvalue weighted by molar-refractivity contribution is 5.84. The number of carbonyl (C=O) groups excluding carboxylic acids is 1. The van der Waals surface area contributed by atoms with E-state index in [-0.39, 0.29) is 18.6 Å². The second kappa shape index (κ2) is 9.65. The van der Waals surface area contributed by atoms with E-state index >= 15 is 0 Å². The van der Waals surface area contributed by atoms with Crippen LogP contribution in [0.2, 0.25) is 0 Å². The molecule has 0 aliphatic carbocycles. The summed E-state index contributed by atoms with van der Waals surface area (Å²) < 4.78 is 0. The summed E-state index contributed by atoms with van der Waals surface area (Å²) in [5.74, 6) is -2.13. The minimum absolute atomic E-state index is 0.0381. The molecule has 1 unspecified atom stereocenters. The van der Waals surface area contributed by atoms with Crippen molar-refractivity contribution in [3.63, 3.8) is 0 Å². The van der Waals surface area contributed by atoms with E-state index in [4.69, 9.17) is 10.2 Å². The van der Waals surface area contributed by atoms with Gasteiger partial charge in [0.1, 0.15) is 11.5 Å². The summed E-state index contributed by atoms with van der Waals surface area (Å²) >= 11 is 0. The number of hydrogen-bond donors (Lipinski definition) is 3. The minimum Gasteiger partial charge on any atom is -0.512 e. The van der Waals surface area contributed by atoms with E-state index in [1.165, 1.54) is 0 Å². The number of carboxylic acids is 1. The van der Waals surface area contributed by atoms with Crippen LogP contribution in [0.1, 0.15) is 51.9 Å². The Morgan fingerprint density at radius 2 is 1.83 bits per heavy atom. The highest BCUT2D eigenvalue weighted by Crippen LogP contribution is 2.10. The maximum atomic E-state index is 11.4. The molecule has 3 N–H and O–H groups in total. The molecule has 0 aromatic heterocycles. The first-order valence-corrected chi connectivity index (χ1v) is 6.28. The zero-order valence-electron chi connectivity index (χ0n) is 10.8. The summed E-state index contributed by atoms with van der Waals surface area (Å²) in [6.07, 6.45) is 4.21. The third kappa shape index (κ3) is 9.84. The van der Waals surface area contributed by atoms with Crippen LogP contribution in [0.5, 0.6) is 0 Å². The lowest BCUT2D eigenvalue weighted by molar-refractivity contribution is -0.131. The van der Waals surface area contributed by atoms with Crippen molar-refractivity contribution in [3.05, 3.63) is 11.8 Å². The summed E-state index contributed by atoms with van der Waals surface area (Å²) in [5.41, 5.74) is 0. The number of aliphatic hydroxyl groups is 2. The Morgan fingerprint density at radius 1 is 1.17 bits per heavy atom. The molecule has 0 aliphatic heterocycles. The van der Waals surface area contributed by atoms with E-state index < -0.39 is 17.8 Å². The molecule has 0 aromatic carbocycles. The Kier molecular flexibility index (Phi) is 8.92. The van der Waals surface area contributed by atoms with Crippen molar-refractivity contribution in [2.75, 3.05) is 0 Å². The number of hydrogen-bond acceptors (Lipinski definition) is 4. The van der Waals surface area contributed by atoms with Gasteiger partial charge in [-0.05, 0) is 6.42 Å². The van der Waals surface area contributed by atoms with Crippen molar-refractivity contribution in [3.8, 4) is 0 Å². The van der Waals surface area contributed by atoms with Gasteiger partial charge in [-0.25, -0.2) is 4.79 Å². The van der Waals surface area contributed by atoms with E-state index in [0.29, 0.717) is 12.5 Å².